The van der Waals surface area contributed by atoms with E-state index in [9.17, 15) is 0 Å². The van der Waals surface area contributed by atoms with Crippen molar-refractivity contribution in [1.82, 2.24) is 24.9 Å². The second-order valence-corrected chi connectivity index (χ2v) is 12.3. The molecule has 0 saturated carbocycles. The summed E-state index contributed by atoms with van der Waals surface area (Å²) >= 11 is 4.57. The summed E-state index contributed by atoms with van der Waals surface area (Å²) in [6.45, 7) is 4.33. The molecular formula is C28H37N9O4S3. The molecule has 0 radical (unpaired) electrons. The Kier molecular flexibility index (Phi) is 12.9. The highest BCUT2D eigenvalue weighted by molar-refractivity contribution is 7.99. The molecule has 4 aromatic rings. The lowest BCUT2D eigenvalue weighted by molar-refractivity contribution is 0.0409. The van der Waals surface area contributed by atoms with Crippen LogP contribution in [0.3, 0.4) is 0 Å². The van der Waals surface area contributed by atoms with E-state index in [1.54, 1.807) is 18.4 Å². The fourth-order valence-corrected chi connectivity index (χ4v) is 6.71. The highest BCUT2D eigenvalue weighted by Crippen LogP contribution is 2.37. The van der Waals surface area contributed by atoms with Gasteiger partial charge in [-0.1, -0.05) is 36.9 Å². The second-order valence-electron chi connectivity index (χ2n) is 9.22. The molecule has 0 atom stereocenters. The molecule has 0 fully saturated rings. The molecule has 4 rings (SSSR count). The maximum atomic E-state index is 6.02. The Morgan fingerprint density at radius 2 is 1.34 bits per heavy atom. The number of nitrogens with two attached hydrogens (primary N) is 4. The van der Waals surface area contributed by atoms with Crippen molar-refractivity contribution in [2.24, 2.45) is 0 Å². The smallest absolute Gasteiger partial charge is 0.191 e. The molecule has 44 heavy (non-hydrogen) atoms. The van der Waals surface area contributed by atoms with Gasteiger partial charge in [0.05, 0.1) is 39.2 Å². The fourth-order valence-electron chi connectivity index (χ4n) is 3.87. The van der Waals surface area contributed by atoms with Crippen molar-refractivity contribution < 1.29 is 18.9 Å². The zero-order chi connectivity index (χ0) is 31.3. The van der Waals surface area contributed by atoms with E-state index in [0.717, 1.165) is 29.1 Å². The van der Waals surface area contributed by atoms with Crippen LogP contribution in [0.1, 0.15) is 23.9 Å². The third-order valence-corrected chi connectivity index (χ3v) is 8.69. The van der Waals surface area contributed by atoms with Crippen LogP contribution < -0.4 is 32.4 Å². The number of nitrogens with zero attached hydrogens (tertiary/aromatic N) is 5. The van der Waals surface area contributed by atoms with E-state index >= 15 is 0 Å². The van der Waals surface area contributed by atoms with Gasteiger partial charge in [0.1, 0.15) is 34.9 Å². The Labute approximate surface area is 268 Å². The Hall–Kier alpha value is -3.57. The number of thioether (sulfide) groups is 2. The maximum Gasteiger partial charge on any atom is 0.191 e. The lowest BCUT2D eigenvalue weighted by Crippen LogP contribution is -2.12. The normalized spacial score (nSPS) is 11.1. The van der Waals surface area contributed by atoms with Crippen molar-refractivity contribution >= 4 is 58.1 Å². The molecule has 16 heteroatoms. The monoisotopic (exact) mass is 659 g/mol. The number of thiazole rings is 1. The first-order chi connectivity index (χ1) is 21.3. The van der Waals surface area contributed by atoms with E-state index in [-0.39, 0.29) is 0 Å². The number of hydrogen-bond donors (Lipinski definition) is 4. The first-order valence-corrected chi connectivity index (χ1v) is 16.6. The topological polar surface area (TPSA) is 205 Å². The number of hydrogen-bond acceptors (Lipinski definition) is 16. The zero-order valence-electron chi connectivity index (χ0n) is 24.7. The predicted octanol–water partition coefficient (Wildman–Crippen LogP) is 4.18. The SMILES string of the molecule is CCCc1sc(-c2ccc(OC)c(OCCOCCOCCSc3nc(N)cc(N)n3)c2)nc1CSc1nc(N)cc(N)n1. The molecule has 0 bridgehead atoms. The lowest BCUT2D eigenvalue weighted by Gasteiger charge is -2.12. The van der Waals surface area contributed by atoms with Crippen molar-refractivity contribution in [3.05, 3.63) is 40.9 Å². The van der Waals surface area contributed by atoms with Crippen molar-refractivity contribution in [2.45, 2.75) is 35.8 Å². The minimum atomic E-state index is 0.347. The third kappa shape index (κ3) is 10.3. The summed E-state index contributed by atoms with van der Waals surface area (Å²) in [7, 11) is 1.62. The average molecular weight is 660 g/mol. The van der Waals surface area contributed by atoms with Crippen LogP contribution in [0.25, 0.3) is 10.6 Å². The van der Waals surface area contributed by atoms with Gasteiger partial charge in [-0.2, -0.15) is 0 Å². The standard InChI is InChI=1S/C28H37N9O4S3/c1-3-4-21-18(16-43-28-36-24(31)15-25(32)37-28)33-26(44-21)17-5-6-19(38-2)20(13-17)41-10-9-39-7-8-40-11-12-42-27-34-22(29)14-23(30)35-27/h5-6,13-15H,3-4,7-12,16H2,1-2H3,(H4,29,30,34,35)(H4,31,32,36,37). The number of rotatable bonds is 18. The van der Waals surface area contributed by atoms with Crippen LogP contribution in [0.2, 0.25) is 0 Å². The van der Waals surface area contributed by atoms with Crippen molar-refractivity contribution in [1.29, 1.82) is 0 Å². The van der Waals surface area contributed by atoms with Gasteiger partial charge in [-0.15, -0.1) is 11.3 Å². The maximum absolute atomic E-state index is 6.02. The van der Waals surface area contributed by atoms with Gasteiger partial charge in [-0.25, -0.2) is 24.9 Å². The first-order valence-electron chi connectivity index (χ1n) is 13.9. The molecule has 13 nitrogen and oxygen atoms in total. The Balaban J connectivity index is 1.24. The van der Waals surface area contributed by atoms with E-state index in [1.807, 2.05) is 18.2 Å². The lowest BCUT2D eigenvalue weighted by atomic mass is 10.2. The van der Waals surface area contributed by atoms with Crippen LogP contribution >= 0.6 is 34.9 Å². The average Bonchev–Trinajstić information content (AvgIpc) is 3.39. The molecule has 0 amide bonds. The number of aromatic nitrogens is 5. The van der Waals surface area contributed by atoms with Crippen LogP contribution in [0.4, 0.5) is 23.3 Å². The number of benzene rings is 1. The second kappa shape index (κ2) is 17.1. The quantitative estimate of drug-likeness (QED) is 0.0672. The van der Waals surface area contributed by atoms with Crippen molar-refractivity contribution in [3.63, 3.8) is 0 Å². The number of nitrogen functional groups attached to an aromatic ring is 4. The van der Waals surface area contributed by atoms with Gasteiger partial charge in [0.25, 0.3) is 0 Å². The Morgan fingerprint density at radius 1 is 0.727 bits per heavy atom. The molecule has 8 N–H and O–H groups in total. The van der Waals surface area contributed by atoms with E-state index in [1.165, 1.54) is 40.5 Å². The Bertz CT molecular complexity index is 1470. The van der Waals surface area contributed by atoms with E-state index in [4.69, 9.17) is 46.9 Å². The summed E-state index contributed by atoms with van der Waals surface area (Å²) in [5.74, 6) is 3.94. The summed E-state index contributed by atoms with van der Waals surface area (Å²) in [4.78, 5) is 23.0. The molecule has 0 aliphatic rings. The molecule has 3 aromatic heterocycles. The van der Waals surface area contributed by atoms with Crippen molar-refractivity contribution in [3.8, 4) is 22.1 Å². The first kappa shape index (κ1) is 33.3. The van der Waals surface area contributed by atoms with Gasteiger partial charge in [-0.3, -0.25) is 0 Å². The molecule has 0 aliphatic carbocycles. The molecule has 236 valence electrons. The fraction of sp³-hybridized carbons (Fsp3) is 0.393. The molecule has 0 aliphatic heterocycles. The van der Waals surface area contributed by atoms with Gasteiger partial charge in [-0.05, 0) is 24.6 Å². The zero-order valence-corrected chi connectivity index (χ0v) is 27.1. The van der Waals surface area contributed by atoms with E-state index in [0.29, 0.717) is 89.6 Å². The summed E-state index contributed by atoms with van der Waals surface area (Å²) in [5.41, 5.74) is 25.0. The van der Waals surface area contributed by atoms with Crippen LogP contribution in [0, 0.1) is 0 Å². The molecule has 0 saturated heterocycles. The van der Waals surface area contributed by atoms with Crippen LogP contribution in [0.5, 0.6) is 11.5 Å². The third-order valence-electron chi connectivity index (χ3n) is 5.81. The van der Waals surface area contributed by atoms with Crippen LogP contribution in [0.15, 0.2) is 40.6 Å². The number of ether oxygens (including phenoxy) is 4. The molecule has 0 unspecified atom stereocenters. The summed E-state index contributed by atoms with van der Waals surface area (Å²) in [6.07, 6.45) is 1.94. The van der Waals surface area contributed by atoms with Crippen LogP contribution in [-0.2, 0) is 21.6 Å². The minimum Gasteiger partial charge on any atom is -0.493 e. The highest BCUT2D eigenvalue weighted by Gasteiger charge is 2.16. The van der Waals surface area contributed by atoms with E-state index < -0.39 is 0 Å². The number of aryl methyl sites for hydroxylation is 1. The van der Waals surface area contributed by atoms with E-state index in [2.05, 4.69) is 26.9 Å². The Morgan fingerprint density at radius 3 is 1.98 bits per heavy atom. The summed E-state index contributed by atoms with van der Waals surface area (Å²) in [5, 5.41) is 1.97. The molecule has 1 aromatic carbocycles. The molecule has 0 spiro atoms. The summed E-state index contributed by atoms with van der Waals surface area (Å²) < 4.78 is 22.8. The van der Waals surface area contributed by atoms with Gasteiger partial charge in [0.15, 0.2) is 21.8 Å². The molecular weight excluding hydrogens is 623 g/mol. The summed E-state index contributed by atoms with van der Waals surface area (Å²) in [6, 6.07) is 8.88. The number of methoxy groups -OCH3 is 1. The van der Waals surface area contributed by atoms with Gasteiger partial charge >= 0.3 is 0 Å². The molecule has 3 heterocycles. The largest absolute Gasteiger partial charge is 0.493 e. The van der Waals surface area contributed by atoms with Crippen molar-refractivity contribution in [2.75, 3.05) is 68.8 Å². The minimum absolute atomic E-state index is 0.347. The predicted molar refractivity (Wildman–Crippen MR) is 177 cm³/mol. The highest BCUT2D eigenvalue weighted by atomic mass is 32.2. The number of anilines is 4. The van der Waals surface area contributed by atoms with Gasteiger partial charge in [0.2, 0.25) is 0 Å². The van der Waals surface area contributed by atoms with Crippen LogP contribution in [-0.4, -0.2) is 70.8 Å². The van der Waals surface area contributed by atoms with Gasteiger partial charge in [0, 0.05) is 34.1 Å². The van der Waals surface area contributed by atoms with Gasteiger partial charge < -0.3 is 41.9 Å².